The third-order valence-corrected chi connectivity index (χ3v) is 10.0. The van der Waals surface area contributed by atoms with Crippen molar-refractivity contribution in [1.82, 2.24) is 14.8 Å². The number of carbonyl (C=O) groups excluding carboxylic acids is 1. The van der Waals surface area contributed by atoms with Crippen molar-refractivity contribution in [3.05, 3.63) is 99.1 Å². The molecular weight excluding hydrogens is 583 g/mol. The number of pyridine rings is 1. The maximum absolute atomic E-state index is 16.8. The third kappa shape index (κ3) is 5.29. The van der Waals surface area contributed by atoms with Crippen LogP contribution in [0.2, 0.25) is 5.02 Å². The van der Waals surface area contributed by atoms with E-state index in [2.05, 4.69) is 9.88 Å². The van der Waals surface area contributed by atoms with Gasteiger partial charge in [-0.2, -0.15) is 5.26 Å². The molecule has 8 nitrogen and oxygen atoms in total. The van der Waals surface area contributed by atoms with Crippen LogP contribution >= 0.6 is 11.6 Å². The monoisotopic (exact) mass is 618 g/mol. The van der Waals surface area contributed by atoms with Gasteiger partial charge in [0.25, 0.3) is 5.91 Å². The molecule has 1 saturated heterocycles. The van der Waals surface area contributed by atoms with Gasteiger partial charge < -0.3 is 19.8 Å². The van der Waals surface area contributed by atoms with E-state index in [1.165, 1.54) is 17.2 Å². The summed E-state index contributed by atoms with van der Waals surface area (Å²) in [6.45, 7) is 3.28. The zero-order chi connectivity index (χ0) is 31.3. The lowest BCUT2D eigenvalue weighted by Crippen LogP contribution is -2.48. The smallest absolute Gasteiger partial charge is 0.257 e. The van der Waals surface area contributed by atoms with Gasteiger partial charge in [-0.15, -0.1) is 0 Å². The van der Waals surface area contributed by atoms with Gasteiger partial charge in [0.15, 0.2) is 5.72 Å². The molecule has 2 fully saturated rings. The van der Waals surface area contributed by atoms with E-state index >= 15 is 4.39 Å². The first-order valence-corrected chi connectivity index (χ1v) is 15.3. The van der Waals surface area contributed by atoms with Gasteiger partial charge in [-0.05, 0) is 101 Å². The Morgan fingerprint density at radius 3 is 2.48 bits per heavy atom. The van der Waals surface area contributed by atoms with Crippen LogP contribution in [-0.2, 0) is 22.6 Å². The molecule has 0 spiro atoms. The van der Waals surface area contributed by atoms with Crippen molar-refractivity contribution in [2.75, 3.05) is 33.4 Å². The normalized spacial score (nSPS) is 22.8. The molecule has 1 aromatic heterocycles. The van der Waals surface area contributed by atoms with Gasteiger partial charge >= 0.3 is 0 Å². The lowest BCUT2D eigenvalue weighted by Gasteiger charge is -2.41. The quantitative estimate of drug-likeness (QED) is 0.350. The summed E-state index contributed by atoms with van der Waals surface area (Å²) in [4.78, 5) is 22.5. The number of likely N-dealkylation sites (tertiary alicyclic amines) is 1. The first kappa shape index (κ1) is 30.6. The summed E-state index contributed by atoms with van der Waals surface area (Å²) in [6, 6.07) is 15.0. The van der Waals surface area contributed by atoms with Crippen LogP contribution in [0.5, 0.6) is 0 Å². The van der Waals surface area contributed by atoms with Crippen molar-refractivity contribution in [3.63, 3.8) is 0 Å². The summed E-state index contributed by atoms with van der Waals surface area (Å²) >= 11 is 6.26. The number of rotatable bonds is 9. The number of amides is 1. The maximum atomic E-state index is 16.8. The topological polar surface area (TPSA) is 110 Å². The highest BCUT2D eigenvalue weighted by Gasteiger charge is 2.57. The van der Waals surface area contributed by atoms with E-state index in [0.717, 1.165) is 38.8 Å². The number of benzene rings is 2. The standard InChI is InChI=1S/C34H36ClFN4O4/c1-32(43,23-9-13-39(2)14-10-23)25-15-28-30(29(36)16-25)34(24-4-6-26(35)7-5-24,44-21-33(20-41)11-12-33)40(31(28)42)19-27-8-3-22(17-37)18-38-27/h3-8,15-16,18,23,41,43H,9-14,19-21H2,1-2H3/t32?,34-/m1/s1. The van der Waals surface area contributed by atoms with Crippen molar-refractivity contribution < 1.29 is 24.1 Å². The summed E-state index contributed by atoms with van der Waals surface area (Å²) in [6.07, 6.45) is 4.41. The van der Waals surface area contributed by atoms with E-state index in [4.69, 9.17) is 16.3 Å². The summed E-state index contributed by atoms with van der Waals surface area (Å²) < 4.78 is 23.5. The molecule has 2 aliphatic heterocycles. The number of aromatic nitrogens is 1. The van der Waals surface area contributed by atoms with Gasteiger partial charge in [0.1, 0.15) is 11.9 Å². The average molecular weight is 619 g/mol. The number of nitriles is 1. The van der Waals surface area contributed by atoms with E-state index in [0.29, 0.717) is 27.4 Å². The molecule has 6 rings (SSSR count). The minimum atomic E-state index is -1.71. The Balaban J connectivity index is 1.51. The molecule has 1 unspecified atom stereocenters. The number of halogens is 2. The van der Waals surface area contributed by atoms with E-state index in [1.807, 2.05) is 13.1 Å². The molecular formula is C34H36ClFN4O4. The molecule has 3 aliphatic rings. The summed E-state index contributed by atoms with van der Waals surface area (Å²) in [5.74, 6) is -1.25. The molecule has 0 radical (unpaired) electrons. The fourth-order valence-electron chi connectivity index (χ4n) is 6.56. The van der Waals surface area contributed by atoms with E-state index in [9.17, 15) is 20.3 Å². The van der Waals surface area contributed by atoms with Crippen molar-refractivity contribution in [3.8, 4) is 6.07 Å². The Hall–Kier alpha value is -3.39. The second kappa shape index (κ2) is 11.5. The number of aliphatic hydroxyl groups is 2. The molecule has 230 valence electrons. The van der Waals surface area contributed by atoms with Crippen LogP contribution < -0.4 is 0 Å². The first-order chi connectivity index (χ1) is 21.0. The van der Waals surface area contributed by atoms with Crippen LogP contribution in [0.1, 0.15) is 70.9 Å². The number of ether oxygens (including phenoxy) is 1. The van der Waals surface area contributed by atoms with Crippen molar-refractivity contribution >= 4 is 17.5 Å². The highest BCUT2D eigenvalue weighted by Crippen LogP contribution is 2.52. The molecule has 2 N–H and O–H groups in total. The number of hydrogen-bond acceptors (Lipinski definition) is 7. The molecule has 1 amide bonds. The van der Waals surface area contributed by atoms with Crippen molar-refractivity contribution in [2.45, 2.75) is 50.5 Å². The van der Waals surface area contributed by atoms with Gasteiger partial charge in [0.2, 0.25) is 0 Å². The fraction of sp³-hybridized carbons (Fsp3) is 0.441. The highest BCUT2D eigenvalue weighted by molar-refractivity contribution is 6.30. The molecule has 3 heterocycles. The zero-order valence-corrected chi connectivity index (χ0v) is 25.6. The van der Waals surface area contributed by atoms with Crippen LogP contribution in [0.4, 0.5) is 4.39 Å². The summed E-state index contributed by atoms with van der Waals surface area (Å²) in [7, 11) is 2.04. The van der Waals surface area contributed by atoms with Crippen LogP contribution in [0.3, 0.4) is 0 Å². The zero-order valence-electron chi connectivity index (χ0n) is 24.9. The van der Waals surface area contributed by atoms with Crippen LogP contribution in [-0.4, -0.2) is 64.3 Å². The Morgan fingerprint density at radius 2 is 1.89 bits per heavy atom. The third-order valence-electron chi connectivity index (χ3n) is 9.77. The molecule has 3 aromatic rings. The first-order valence-electron chi connectivity index (χ1n) is 15.0. The number of carbonyl (C=O) groups is 1. The van der Waals surface area contributed by atoms with Crippen LogP contribution in [0, 0.1) is 28.5 Å². The van der Waals surface area contributed by atoms with E-state index in [1.54, 1.807) is 49.4 Å². The molecule has 1 aliphatic carbocycles. The molecule has 0 bridgehead atoms. The fourth-order valence-corrected chi connectivity index (χ4v) is 6.69. The lowest BCUT2D eigenvalue weighted by molar-refractivity contribution is -0.130. The second-order valence-electron chi connectivity index (χ2n) is 12.7. The Kier molecular flexibility index (Phi) is 8.02. The Labute approximate surface area is 261 Å². The summed E-state index contributed by atoms with van der Waals surface area (Å²) in [5, 5.41) is 31.6. The van der Waals surface area contributed by atoms with Gasteiger partial charge in [-0.25, -0.2) is 4.39 Å². The Morgan fingerprint density at radius 1 is 1.18 bits per heavy atom. The minimum absolute atomic E-state index is 0.0475. The number of nitrogens with zero attached hydrogens (tertiary/aromatic N) is 4. The van der Waals surface area contributed by atoms with Gasteiger partial charge in [-0.3, -0.25) is 14.7 Å². The predicted octanol–water partition coefficient (Wildman–Crippen LogP) is 4.94. The van der Waals surface area contributed by atoms with Crippen LogP contribution in [0.25, 0.3) is 0 Å². The molecule has 2 aromatic carbocycles. The predicted molar refractivity (Wildman–Crippen MR) is 162 cm³/mol. The number of fused-ring (bicyclic) bond motifs is 1. The number of aliphatic hydroxyl groups excluding tert-OH is 1. The van der Waals surface area contributed by atoms with Gasteiger partial charge in [-0.1, -0.05) is 23.7 Å². The van der Waals surface area contributed by atoms with Crippen LogP contribution in [0.15, 0.2) is 54.7 Å². The van der Waals surface area contributed by atoms with Gasteiger partial charge in [0, 0.05) is 22.2 Å². The second-order valence-corrected chi connectivity index (χ2v) is 13.2. The molecule has 1 saturated carbocycles. The molecule has 2 atom stereocenters. The van der Waals surface area contributed by atoms with E-state index < -0.39 is 28.5 Å². The average Bonchev–Trinajstić information content (AvgIpc) is 3.77. The largest absolute Gasteiger partial charge is 0.396 e. The van der Waals surface area contributed by atoms with Crippen molar-refractivity contribution in [2.24, 2.45) is 11.3 Å². The number of piperidine rings is 1. The highest BCUT2D eigenvalue weighted by atomic mass is 35.5. The SMILES string of the molecule is CN1CCC(C(C)(O)c2cc(F)c3c(c2)C(=O)N(Cc2ccc(C#N)cn2)[C@@]3(OCC2(CO)CC2)c2ccc(Cl)cc2)CC1. The molecule has 44 heavy (non-hydrogen) atoms. The lowest BCUT2D eigenvalue weighted by atomic mass is 9.76. The van der Waals surface area contributed by atoms with Crippen molar-refractivity contribution in [1.29, 1.82) is 5.26 Å². The minimum Gasteiger partial charge on any atom is -0.396 e. The van der Waals surface area contributed by atoms with Gasteiger partial charge in [0.05, 0.1) is 47.7 Å². The Bertz CT molecular complexity index is 1600. The molecule has 10 heteroatoms. The maximum Gasteiger partial charge on any atom is 0.257 e. The number of hydrogen-bond donors (Lipinski definition) is 2. The van der Waals surface area contributed by atoms with E-state index in [-0.39, 0.29) is 36.8 Å². The summed E-state index contributed by atoms with van der Waals surface area (Å²) in [5.41, 5.74) is -1.71.